The first kappa shape index (κ1) is 24.9. The maximum atomic E-state index is 12.9. The Bertz CT molecular complexity index is 1250. The normalized spacial score (nSPS) is 11.9. The van der Waals surface area contributed by atoms with Gasteiger partial charge in [-0.25, -0.2) is 8.42 Å². The third kappa shape index (κ3) is 6.20. The SMILES string of the molecule is COc1ccc(OC)c(NS(=O)(=O)c2ccc(NC(=O)[C@@H](C)Oc3cc(C)cc(C)c3)cc2)c1. The summed E-state index contributed by atoms with van der Waals surface area (Å²) >= 11 is 0. The molecular weight excluding hydrogens is 456 g/mol. The number of sulfonamides is 1. The number of nitrogens with one attached hydrogen (secondary N) is 2. The van der Waals surface area contributed by atoms with E-state index in [1.807, 2.05) is 32.0 Å². The van der Waals surface area contributed by atoms with Crippen molar-refractivity contribution in [1.82, 2.24) is 0 Å². The lowest BCUT2D eigenvalue weighted by atomic mass is 10.1. The van der Waals surface area contributed by atoms with E-state index in [0.29, 0.717) is 22.9 Å². The zero-order valence-electron chi connectivity index (χ0n) is 19.7. The monoisotopic (exact) mass is 484 g/mol. The van der Waals surface area contributed by atoms with Crippen molar-refractivity contribution in [3.05, 3.63) is 71.8 Å². The minimum absolute atomic E-state index is 0.0231. The van der Waals surface area contributed by atoms with E-state index in [1.165, 1.54) is 44.6 Å². The van der Waals surface area contributed by atoms with Crippen molar-refractivity contribution < 1.29 is 27.4 Å². The second-order valence-electron chi connectivity index (χ2n) is 7.77. The quantitative estimate of drug-likeness (QED) is 0.463. The number of amides is 1. The van der Waals surface area contributed by atoms with Gasteiger partial charge in [0.15, 0.2) is 6.10 Å². The summed E-state index contributed by atoms with van der Waals surface area (Å²) in [6, 6.07) is 16.4. The first-order valence-corrected chi connectivity index (χ1v) is 12.0. The van der Waals surface area contributed by atoms with Crippen LogP contribution in [0, 0.1) is 13.8 Å². The smallest absolute Gasteiger partial charge is 0.265 e. The van der Waals surface area contributed by atoms with E-state index >= 15 is 0 Å². The molecule has 0 radical (unpaired) electrons. The molecule has 0 saturated carbocycles. The number of hydrogen-bond acceptors (Lipinski definition) is 6. The number of carbonyl (C=O) groups excluding carboxylic acids is 1. The first-order chi connectivity index (χ1) is 16.1. The number of hydrogen-bond donors (Lipinski definition) is 2. The van der Waals surface area contributed by atoms with Crippen molar-refractivity contribution in [3.8, 4) is 17.2 Å². The Hall–Kier alpha value is -3.72. The molecular formula is C25H28N2O6S. The lowest BCUT2D eigenvalue weighted by Gasteiger charge is -2.16. The van der Waals surface area contributed by atoms with E-state index < -0.39 is 16.1 Å². The number of anilines is 2. The molecule has 1 amide bonds. The van der Waals surface area contributed by atoms with Crippen molar-refractivity contribution in [3.63, 3.8) is 0 Å². The summed E-state index contributed by atoms with van der Waals surface area (Å²) in [5, 5.41) is 2.74. The highest BCUT2D eigenvalue weighted by Gasteiger charge is 2.19. The van der Waals surface area contributed by atoms with E-state index in [-0.39, 0.29) is 16.5 Å². The fourth-order valence-electron chi connectivity index (χ4n) is 3.32. The van der Waals surface area contributed by atoms with E-state index in [0.717, 1.165) is 11.1 Å². The second kappa shape index (κ2) is 10.5. The van der Waals surface area contributed by atoms with Crippen LogP contribution in [0.2, 0.25) is 0 Å². The van der Waals surface area contributed by atoms with Gasteiger partial charge >= 0.3 is 0 Å². The zero-order valence-corrected chi connectivity index (χ0v) is 20.5. The van der Waals surface area contributed by atoms with Crippen molar-refractivity contribution in [2.75, 3.05) is 24.3 Å². The topological polar surface area (TPSA) is 103 Å². The first-order valence-electron chi connectivity index (χ1n) is 10.5. The lowest BCUT2D eigenvalue weighted by Crippen LogP contribution is -2.30. The van der Waals surface area contributed by atoms with Crippen molar-refractivity contribution in [2.45, 2.75) is 31.8 Å². The van der Waals surface area contributed by atoms with Crippen LogP contribution in [-0.4, -0.2) is 34.6 Å². The molecule has 9 heteroatoms. The maximum absolute atomic E-state index is 12.9. The molecule has 0 aliphatic heterocycles. The van der Waals surface area contributed by atoms with Crippen LogP contribution in [0.25, 0.3) is 0 Å². The van der Waals surface area contributed by atoms with Gasteiger partial charge in [-0.2, -0.15) is 0 Å². The summed E-state index contributed by atoms with van der Waals surface area (Å²) < 4.78 is 44.3. The fourth-order valence-corrected chi connectivity index (χ4v) is 4.38. The van der Waals surface area contributed by atoms with Crippen molar-refractivity contribution in [1.29, 1.82) is 0 Å². The number of carbonyl (C=O) groups is 1. The molecule has 3 aromatic carbocycles. The van der Waals surface area contributed by atoms with Crippen LogP contribution < -0.4 is 24.2 Å². The highest BCUT2D eigenvalue weighted by Crippen LogP contribution is 2.31. The summed E-state index contributed by atoms with van der Waals surface area (Å²) in [6.07, 6.45) is -0.744. The van der Waals surface area contributed by atoms with Gasteiger partial charge in [-0.3, -0.25) is 9.52 Å². The molecule has 3 aromatic rings. The molecule has 0 fully saturated rings. The maximum Gasteiger partial charge on any atom is 0.265 e. The van der Waals surface area contributed by atoms with Gasteiger partial charge in [0.25, 0.3) is 15.9 Å². The molecule has 34 heavy (non-hydrogen) atoms. The number of methoxy groups -OCH3 is 2. The van der Waals surface area contributed by atoms with E-state index in [2.05, 4.69) is 10.0 Å². The minimum Gasteiger partial charge on any atom is -0.497 e. The second-order valence-corrected chi connectivity index (χ2v) is 9.45. The van der Waals surface area contributed by atoms with Gasteiger partial charge < -0.3 is 19.5 Å². The van der Waals surface area contributed by atoms with E-state index in [1.54, 1.807) is 19.1 Å². The highest BCUT2D eigenvalue weighted by atomic mass is 32.2. The van der Waals surface area contributed by atoms with Gasteiger partial charge in [0.1, 0.15) is 17.2 Å². The van der Waals surface area contributed by atoms with Crippen LogP contribution in [0.3, 0.4) is 0 Å². The molecule has 1 atom stereocenters. The van der Waals surface area contributed by atoms with Crippen LogP contribution >= 0.6 is 0 Å². The Balaban J connectivity index is 1.68. The van der Waals surface area contributed by atoms with Gasteiger partial charge in [0, 0.05) is 11.8 Å². The van der Waals surface area contributed by atoms with Gasteiger partial charge in [-0.1, -0.05) is 6.07 Å². The minimum atomic E-state index is -3.90. The summed E-state index contributed by atoms with van der Waals surface area (Å²) in [5.41, 5.74) is 2.77. The Morgan fingerprint density at radius 1 is 0.853 bits per heavy atom. The molecule has 2 N–H and O–H groups in total. The molecule has 0 aliphatic carbocycles. The van der Waals surface area contributed by atoms with Crippen LogP contribution in [0.1, 0.15) is 18.1 Å². The molecule has 0 bridgehead atoms. The largest absolute Gasteiger partial charge is 0.497 e. The van der Waals surface area contributed by atoms with Crippen LogP contribution in [0.5, 0.6) is 17.2 Å². The predicted octanol–water partition coefficient (Wildman–Crippen LogP) is 4.53. The number of ether oxygens (including phenoxy) is 3. The molecule has 0 aromatic heterocycles. The summed E-state index contributed by atoms with van der Waals surface area (Å²) in [5.74, 6) is 1.09. The fraction of sp³-hybridized carbons (Fsp3) is 0.240. The van der Waals surface area contributed by atoms with Gasteiger partial charge in [-0.05, 0) is 80.4 Å². The van der Waals surface area contributed by atoms with Gasteiger partial charge in [0.05, 0.1) is 24.8 Å². The van der Waals surface area contributed by atoms with Crippen LogP contribution in [0.15, 0.2) is 65.6 Å². The molecule has 0 saturated heterocycles. The molecule has 0 spiro atoms. The van der Waals surface area contributed by atoms with Crippen LogP contribution in [0.4, 0.5) is 11.4 Å². The Morgan fingerprint density at radius 2 is 1.50 bits per heavy atom. The molecule has 180 valence electrons. The third-order valence-corrected chi connectivity index (χ3v) is 6.34. The number of benzene rings is 3. The average molecular weight is 485 g/mol. The van der Waals surface area contributed by atoms with E-state index in [9.17, 15) is 13.2 Å². The number of aryl methyl sites for hydroxylation is 2. The Morgan fingerprint density at radius 3 is 2.09 bits per heavy atom. The summed E-state index contributed by atoms with van der Waals surface area (Å²) in [6.45, 7) is 5.57. The van der Waals surface area contributed by atoms with Gasteiger partial charge in [-0.15, -0.1) is 0 Å². The van der Waals surface area contributed by atoms with Gasteiger partial charge in [0.2, 0.25) is 0 Å². The molecule has 0 unspecified atom stereocenters. The lowest BCUT2D eigenvalue weighted by molar-refractivity contribution is -0.122. The Kier molecular flexibility index (Phi) is 7.68. The molecule has 0 heterocycles. The third-order valence-electron chi connectivity index (χ3n) is 4.96. The molecule has 8 nitrogen and oxygen atoms in total. The van der Waals surface area contributed by atoms with Crippen molar-refractivity contribution in [2.24, 2.45) is 0 Å². The van der Waals surface area contributed by atoms with Crippen LogP contribution in [-0.2, 0) is 14.8 Å². The highest BCUT2D eigenvalue weighted by molar-refractivity contribution is 7.92. The Labute approximate surface area is 199 Å². The predicted molar refractivity (Wildman–Crippen MR) is 131 cm³/mol. The van der Waals surface area contributed by atoms with Crippen molar-refractivity contribution >= 4 is 27.3 Å². The molecule has 3 rings (SSSR count). The average Bonchev–Trinajstić information content (AvgIpc) is 2.78. The number of rotatable bonds is 9. The summed E-state index contributed by atoms with van der Waals surface area (Å²) in [7, 11) is -0.971. The standard InChI is InChI=1S/C25H28N2O6S/c1-16-12-17(2)14-21(13-16)33-18(3)25(28)26-19-6-9-22(10-7-19)34(29,30)27-23-15-20(31-4)8-11-24(23)32-5/h6-15,18,27H,1-5H3,(H,26,28)/t18-/m1/s1. The summed E-state index contributed by atoms with van der Waals surface area (Å²) in [4.78, 5) is 12.6. The molecule has 0 aliphatic rings. The zero-order chi connectivity index (χ0) is 24.9. The van der Waals surface area contributed by atoms with E-state index in [4.69, 9.17) is 14.2 Å².